The number of ether oxygens (including phenoxy) is 1. The number of carbonyl (C=O) groups is 1. The Kier molecular flexibility index (Phi) is 6.61. The lowest BCUT2D eigenvalue weighted by Crippen LogP contribution is -3.14. The summed E-state index contributed by atoms with van der Waals surface area (Å²) in [4.78, 5) is 13.0. The highest BCUT2D eigenvalue weighted by Gasteiger charge is 2.27. The van der Waals surface area contributed by atoms with Gasteiger partial charge in [-0.05, 0) is 31.5 Å². The van der Waals surface area contributed by atoms with E-state index in [1.54, 1.807) is 12.1 Å². The number of nitrogens with one attached hydrogen (secondary N) is 2. The molecule has 1 atom stereocenters. The molecule has 1 fully saturated rings. The lowest BCUT2D eigenvalue weighted by molar-refractivity contribution is -0.909. The largest absolute Gasteiger partial charge is 0.370 e. The van der Waals surface area contributed by atoms with Crippen LogP contribution in [-0.2, 0) is 14.8 Å². The minimum Gasteiger partial charge on any atom is -0.370 e. The number of benzene rings is 2. The molecule has 7 heteroatoms. The van der Waals surface area contributed by atoms with Crippen LogP contribution in [0.1, 0.15) is 34.5 Å². The van der Waals surface area contributed by atoms with Crippen molar-refractivity contribution in [1.82, 2.24) is 4.72 Å². The van der Waals surface area contributed by atoms with E-state index in [1.807, 2.05) is 31.2 Å². The van der Waals surface area contributed by atoms with Crippen LogP contribution in [0.25, 0.3) is 0 Å². The summed E-state index contributed by atoms with van der Waals surface area (Å²) in [5.41, 5.74) is 2.43. The first-order valence-electron chi connectivity index (χ1n) is 9.46. The molecule has 150 valence electrons. The third-order valence-corrected chi connectivity index (χ3v) is 6.49. The van der Waals surface area contributed by atoms with E-state index in [2.05, 4.69) is 4.72 Å². The molecule has 3 rings (SSSR count). The fourth-order valence-corrected chi connectivity index (χ4v) is 4.59. The van der Waals surface area contributed by atoms with E-state index < -0.39 is 10.0 Å². The van der Waals surface area contributed by atoms with Crippen molar-refractivity contribution in [2.24, 2.45) is 0 Å². The first-order chi connectivity index (χ1) is 13.3. The highest BCUT2D eigenvalue weighted by molar-refractivity contribution is 7.89. The van der Waals surface area contributed by atoms with Crippen LogP contribution in [0.15, 0.2) is 53.4 Å². The van der Waals surface area contributed by atoms with Crippen molar-refractivity contribution in [2.45, 2.75) is 24.8 Å². The molecule has 2 aromatic carbocycles. The molecular weight excluding hydrogens is 376 g/mol. The molecule has 2 aromatic rings. The molecule has 0 bridgehead atoms. The first-order valence-corrected chi connectivity index (χ1v) is 10.9. The summed E-state index contributed by atoms with van der Waals surface area (Å²) in [6.45, 7) is 7.14. The molecule has 0 aliphatic carbocycles. The fourth-order valence-electron chi connectivity index (χ4n) is 3.32. The summed E-state index contributed by atoms with van der Waals surface area (Å²) in [7, 11) is -3.77. The molecule has 1 aliphatic heterocycles. The lowest BCUT2D eigenvalue weighted by atomic mass is 10.1. The van der Waals surface area contributed by atoms with Gasteiger partial charge in [0.05, 0.1) is 30.7 Å². The molecule has 0 aromatic heterocycles. The Morgan fingerprint density at radius 3 is 2.46 bits per heavy atom. The van der Waals surface area contributed by atoms with Gasteiger partial charge in [-0.15, -0.1) is 0 Å². The van der Waals surface area contributed by atoms with Crippen molar-refractivity contribution in [3.8, 4) is 0 Å². The maximum Gasteiger partial charge on any atom is 0.241 e. The third-order valence-electron chi connectivity index (χ3n) is 5.02. The summed E-state index contributed by atoms with van der Waals surface area (Å²) in [6.07, 6.45) is 0. The Hall–Kier alpha value is -2.06. The minimum absolute atomic E-state index is 0.106. The number of Topliss-reactive ketones (excluding diaryl/α,β-unsaturated/α-hetero) is 1. The molecule has 0 unspecified atom stereocenters. The predicted molar refractivity (Wildman–Crippen MR) is 107 cm³/mol. The molecule has 2 N–H and O–H groups in total. The Morgan fingerprint density at radius 2 is 1.82 bits per heavy atom. The van der Waals surface area contributed by atoms with Crippen molar-refractivity contribution < 1.29 is 22.8 Å². The average Bonchev–Trinajstić information content (AvgIpc) is 2.69. The van der Waals surface area contributed by atoms with E-state index in [1.165, 1.54) is 24.0 Å². The quantitative estimate of drug-likeness (QED) is 0.680. The van der Waals surface area contributed by atoms with Crippen LogP contribution >= 0.6 is 0 Å². The Labute approximate surface area is 166 Å². The number of ketones is 1. The van der Waals surface area contributed by atoms with Gasteiger partial charge in [0.15, 0.2) is 5.78 Å². The van der Waals surface area contributed by atoms with Gasteiger partial charge in [0.25, 0.3) is 0 Å². The van der Waals surface area contributed by atoms with Gasteiger partial charge in [-0.1, -0.05) is 42.0 Å². The van der Waals surface area contributed by atoms with Crippen molar-refractivity contribution in [3.05, 3.63) is 65.2 Å². The molecule has 1 aliphatic rings. The van der Waals surface area contributed by atoms with Crippen molar-refractivity contribution in [3.63, 3.8) is 0 Å². The molecular formula is C21H27N2O4S+. The van der Waals surface area contributed by atoms with Crippen LogP contribution < -0.4 is 9.62 Å². The molecule has 1 saturated heterocycles. The Morgan fingerprint density at radius 1 is 1.14 bits per heavy atom. The van der Waals surface area contributed by atoms with Gasteiger partial charge in [0.2, 0.25) is 10.0 Å². The number of morpholine rings is 1. The van der Waals surface area contributed by atoms with Gasteiger partial charge in [0.1, 0.15) is 13.1 Å². The number of carbonyl (C=O) groups excluding carboxylic acids is 1. The summed E-state index contributed by atoms with van der Waals surface area (Å²) in [5, 5.41) is 0. The highest BCUT2D eigenvalue weighted by atomic mass is 32.2. The van der Waals surface area contributed by atoms with E-state index in [-0.39, 0.29) is 16.7 Å². The van der Waals surface area contributed by atoms with Crippen LogP contribution in [0.2, 0.25) is 0 Å². The maximum absolute atomic E-state index is 13.0. The summed E-state index contributed by atoms with van der Waals surface area (Å²) >= 11 is 0. The molecule has 0 saturated carbocycles. The molecule has 0 radical (unpaired) electrons. The second kappa shape index (κ2) is 8.96. The predicted octanol–water partition coefficient (Wildman–Crippen LogP) is 1.13. The Balaban J connectivity index is 1.87. The second-order valence-corrected chi connectivity index (χ2v) is 8.95. The Bertz CT molecular complexity index is 920. The standard InChI is InChI=1S/C21H26N2O4S/c1-16-6-8-18(9-7-16)21(15-23-10-12-27-13-11-23)22-28(25,26)20-5-3-4-19(14-20)17(2)24/h3-9,14,21-22H,10-13,15H2,1-2H3/p+1/t21-/m1/s1. The maximum atomic E-state index is 13.0. The normalized spacial score (nSPS) is 16.6. The lowest BCUT2D eigenvalue weighted by Gasteiger charge is -2.28. The first kappa shape index (κ1) is 20.7. The number of aryl methyl sites for hydroxylation is 1. The zero-order valence-corrected chi connectivity index (χ0v) is 17.1. The van der Waals surface area contributed by atoms with E-state index in [0.717, 1.165) is 24.2 Å². The van der Waals surface area contributed by atoms with E-state index >= 15 is 0 Å². The average molecular weight is 404 g/mol. The monoisotopic (exact) mass is 403 g/mol. The van der Waals surface area contributed by atoms with Crippen LogP contribution in [0.3, 0.4) is 0 Å². The van der Waals surface area contributed by atoms with Gasteiger partial charge in [-0.3, -0.25) is 4.79 Å². The zero-order valence-electron chi connectivity index (χ0n) is 16.3. The second-order valence-electron chi connectivity index (χ2n) is 7.24. The molecule has 6 nitrogen and oxygen atoms in total. The van der Waals surface area contributed by atoms with Gasteiger partial charge < -0.3 is 9.64 Å². The molecule has 28 heavy (non-hydrogen) atoms. The number of hydrogen-bond donors (Lipinski definition) is 2. The SMILES string of the molecule is CC(=O)c1cccc(S(=O)(=O)N[C@H](C[NH+]2CCOCC2)c2ccc(C)cc2)c1. The van der Waals surface area contributed by atoms with Crippen LogP contribution in [0.4, 0.5) is 0 Å². The number of rotatable bonds is 7. The summed E-state index contributed by atoms with van der Waals surface area (Å²) in [6, 6.07) is 13.7. The minimum atomic E-state index is -3.77. The fraction of sp³-hybridized carbons (Fsp3) is 0.381. The van der Waals surface area contributed by atoms with Gasteiger partial charge in [-0.2, -0.15) is 4.72 Å². The molecule has 0 spiro atoms. The van der Waals surface area contributed by atoms with Crippen LogP contribution in [0, 0.1) is 6.92 Å². The smallest absolute Gasteiger partial charge is 0.241 e. The number of quaternary nitrogens is 1. The van der Waals surface area contributed by atoms with Crippen LogP contribution in [-0.4, -0.2) is 47.0 Å². The van der Waals surface area contributed by atoms with Gasteiger partial charge >= 0.3 is 0 Å². The van der Waals surface area contributed by atoms with E-state index in [9.17, 15) is 13.2 Å². The van der Waals surface area contributed by atoms with Crippen molar-refractivity contribution >= 4 is 15.8 Å². The van der Waals surface area contributed by atoms with E-state index in [0.29, 0.717) is 25.3 Å². The van der Waals surface area contributed by atoms with Crippen molar-refractivity contribution in [2.75, 3.05) is 32.8 Å². The highest BCUT2D eigenvalue weighted by Crippen LogP contribution is 2.18. The van der Waals surface area contributed by atoms with E-state index in [4.69, 9.17) is 4.74 Å². The summed E-state index contributed by atoms with van der Waals surface area (Å²) < 4.78 is 34.4. The number of sulfonamides is 1. The van der Waals surface area contributed by atoms with Crippen LogP contribution in [0.5, 0.6) is 0 Å². The summed E-state index contributed by atoms with van der Waals surface area (Å²) in [5.74, 6) is -0.162. The van der Waals surface area contributed by atoms with Crippen molar-refractivity contribution in [1.29, 1.82) is 0 Å². The van der Waals surface area contributed by atoms with Gasteiger partial charge in [-0.25, -0.2) is 8.42 Å². The molecule has 1 heterocycles. The van der Waals surface area contributed by atoms with Gasteiger partial charge in [0, 0.05) is 5.56 Å². The topological polar surface area (TPSA) is 76.9 Å². The zero-order chi connectivity index (χ0) is 20.1. The molecule has 0 amide bonds. The number of hydrogen-bond acceptors (Lipinski definition) is 4. The third kappa shape index (κ3) is 5.26.